The molecular formula is C4H9N. The van der Waals surface area contributed by atoms with E-state index in [0.29, 0.717) is 0 Å². The molecule has 0 radical (unpaired) electrons. The van der Waals surface area contributed by atoms with Gasteiger partial charge in [0.25, 0.3) is 0 Å². The summed E-state index contributed by atoms with van der Waals surface area (Å²) in [6.45, 7) is 4.37. The molecule has 0 aromatic heterocycles. The van der Waals surface area contributed by atoms with Gasteiger partial charge in [-0.1, -0.05) is 0 Å². The Morgan fingerprint density at radius 1 is 1.20 bits per heavy atom. The van der Waals surface area contributed by atoms with Crippen LogP contribution in [0.1, 0.15) is 13.8 Å². The Hall–Kier alpha value is -0.0400. The van der Waals surface area contributed by atoms with Gasteiger partial charge in [0.2, 0.25) is 0 Å². The predicted molar refractivity (Wildman–Crippen MR) is 22.1 cm³/mol. The minimum atomic E-state index is 0.801. The summed E-state index contributed by atoms with van der Waals surface area (Å²) in [6, 6.07) is 1.60. The minimum absolute atomic E-state index is 0.801. The van der Waals surface area contributed by atoms with Crippen molar-refractivity contribution in [3.05, 3.63) is 0 Å². The third kappa shape index (κ3) is 0.428. The van der Waals surface area contributed by atoms with Crippen LogP contribution in [-0.2, 0) is 0 Å². The third-order valence-electron chi connectivity index (χ3n) is 1.17. The van der Waals surface area contributed by atoms with Crippen molar-refractivity contribution >= 4 is 0 Å². The van der Waals surface area contributed by atoms with Gasteiger partial charge in [0.05, 0.1) is 0 Å². The standard InChI is InChI=1S/C4H9N/c1-3-4(2)5-3/h3-5H,1-2H3/t3-,4+. The maximum Gasteiger partial charge on any atom is 0.0193 e. The topological polar surface area (TPSA) is 21.9 Å². The van der Waals surface area contributed by atoms with Gasteiger partial charge in [-0.05, 0) is 13.8 Å². The molecule has 0 bridgehead atoms. The van der Waals surface area contributed by atoms with E-state index in [1.54, 1.807) is 0 Å². The summed E-state index contributed by atoms with van der Waals surface area (Å²) in [7, 11) is 0. The van der Waals surface area contributed by atoms with Crippen LogP contribution in [0.15, 0.2) is 0 Å². The van der Waals surface area contributed by atoms with E-state index >= 15 is 0 Å². The molecule has 1 heterocycles. The molecule has 0 aromatic carbocycles. The van der Waals surface area contributed by atoms with Gasteiger partial charge in [0.15, 0.2) is 0 Å². The SMILES string of the molecule is C[C@@H]1N[C@@H]1C. The van der Waals surface area contributed by atoms with Gasteiger partial charge in [-0.3, -0.25) is 0 Å². The molecule has 2 atom stereocenters. The zero-order chi connectivity index (χ0) is 3.86. The summed E-state index contributed by atoms with van der Waals surface area (Å²) < 4.78 is 0. The van der Waals surface area contributed by atoms with Crippen molar-refractivity contribution in [2.45, 2.75) is 25.9 Å². The molecule has 0 spiro atoms. The molecular weight excluding hydrogens is 62.1 g/mol. The highest BCUT2D eigenvalue weighted by Crippen LogP contribution is 2.05. The van der Waals surface area contributed by atoms with Crippen molar-refractivity contribution in [1.82, 2.24) is 5.32 Å². The molecule has 1 aliphatic heterocycles. The highest BCUT2D eigenvalue weighted by Gasteiger charge is 2.24. The molecule has 0 amide bonds. The summed E-state index contributed by atoms with van der Waals surface area (Å²) in [5.41, 5.74) is 0. The lowest BCUT2D eigenvalue weighted by molar-refractivity contribution is 1.05. The molecule has 1 heteroatoms. The number of rotatable bonds is 0. The van der Waals surface area contributed by atoms with Crippen LogP contribution in [0.25, 0.3) is 0 Å². The Balaban J connectivity index is 2.20. The van der Waals surface area contributed by atoms with E-state index < -0.39 is 0 Å². The zero-order valence-electron chi connectivity index (χ0n) is 3.65. The van der Waals surface area contributed by atoms with Crippen LogP contribution in [0, 0.1) is 0 Å². The summed E-state index contributed by atoms with van der Waals surface area (Å²) >= 11 is 0. The molecule has 1 saturated heterocycles. The van der Waals surface area contributed by atoms with Crippen LogP contribution >= 0.6 is 0 Å². The van der Waals surface area contributed by atoms with Crippen LogP contribution in [0.5, 0.6) is 0 Å². The number of hydrogen-bond donors (Lipinski definition) is 1. The highest BCUT2D eigenvalue weighted by molar-refractivity contribution is 4.89. The van der Waals surface area contributed by atoms with Gasteiger partial charge in [0.1, 0.15) is 0 Å². The average molecular weight is 71.1 g/mol. The molecule has 1 aliphatic rings. The fraction of sp³-hybridized carbons (Fsp3) is 1.00. The lowest BCUT2D eigenvalue weighted by atomic mass is 10.4. The molecule has 0 aliphatic carbocycles. The summed E-state index contributed by atoms with van der Waals surface area (Å²) in [5.74, 6) is 0. The average Bonchev–Trinajstić information content (AvgIpc) is 1.79. The van der Waals surface area contributed by atoms with E-state index in [0.717, 1.165) is 12.1 Å². The second-order valence-corrected chi connectivity index (χ2v) is 1.74. The number of hydrogen-bond acceptors (Lipinski definition) is 1. The first-order chi connectivity index (χ1) is 2.30. The molecule has 1 fully saturated rings. The van der Waals surface area contributed by atoms with Crippen LogP contribution in [-0.4, -0.2) is 12.1 Å². The lowest BCUT2D eigenvalue weighted by Crippen LogP contribution is -1.74. The van der Waals surface area contributed by atoms with E-state index in [4.69, 9.17) is 0 Å². The second kappa shape index (κ2) is 0.716. The molecule has 0 aromatic rings. The van der Waals surface area contributed by atoms with Crippen molar-refractivity contribution in [2.75, 3.05) is 0 Å². The van der Waals surface area contributed by atoms with E-state index in [-0.39, 0.29) is 0 Å². The van der Waals surface area contributed by atoms with E-state index in [1.807, 2.05) is 0 Å². The first-order valence-electron chi connectivity index (χ1n) is 2.07. The smallest absolute Gasteiger partial charge is 0.0193 e. The lowest BCUT2D eigenvalue weighted by Gasteiger charge is -1.62. The molecule has 0 saturated carbocycles. The Bertz CT molecular complexity index is 36.9. The maximum absolute atomic E-state index is 3.19. The predicted octanol–water partition coefficient (Wildman–Crippen LogP) is 0.367. The highest BCUT2D eigenvalue weighted by atomic mass is 15.1. The van der Waals surface area contributed by atoms with E-state index in [1.165, 1.54) is 0 Å². The van der Waals surface area contributed by atoms with Gasteiger partial charge >= 0.3 is 0 Å². The van der Waals surface area contributed by atoms with E-state index in [9.17, 15) is 0 Å². The summed E-state index contributed by atoms with van der Waals surface area (Å²) in [5, 5.41) is 3.19. The minimum Gasteiger partial charge on any atom is -0.309 e. The fourth-order valence-electron chi connectivity index (χ4n) is 0.359. The van der Waals surface area contributed by atoms with Crippen LogP contribution in [0.3, 0.4) is 0 Å². The number of nitrogens with one attached hydrogen (secondary N) is 1. The Morgan fingerprint density at radius 3 is 1.40 bits per heavy atom. The summed E-state index contributed by atoms with van der Waals surface area (Å²) in [4.78, 5) is 0. The molecule has 1 rings (SSSR count). The second-order valence-electron chi connectivity index (χ2n) is 1.74. The van der Waals surface area contributed by atoms with Gasteiger partial charge < -0.3 is 5.32 Å². The van der Waals surface area contributed by atoms with E-state index in [2.05, 4.69) is 19.2 Å². The normalized spacial score (nSPS) is 49.2. The molecule has 1 nitrogen and oxygen atoms in total. The first kappa shape index (κ1) is 3.16. The third-order valence-corrected chi connectivity index (χ3v) is 1.17. The quantitative estimate of drug-likeness (QED) is 0.409. The molecule has 5 heavy (non-hydrogen) atoms. The van der Waals surface area contributed by atoms with Crippen LogP contribution < -0.4 is 5.32 Å². The monoisotopic (exact) mass is 71.1 g/mol. The Kier molecular flexibility index (Phi) is 0.453. The van der Waals surface area contributed by atoms with Gasteiger partial charge in [0, 0.05) is 12.1 Å². The van der Waals surface area contributed by atoms with Crippen LogP contribution in [0.4, 0.5) is 0 Å². The maximum atomic E-state index is 3.19. The van der Waals surface area contributed by atoms with Gasteiger partial charge in [-0.15, -0.1) is 0 Å². The van der Waals surface area contributed by atoms with Gasteiger partial charge in [-0.2, -0.15) is 0 Å². The molecule has 0 unspecified atom stereocenters. The molecule has 30 valence electrons. The van der Waals surface area contributed by atoms with Crippen LogP contribution in [0.2, 0.25) is 0 Å². The largest absolute Gasteiger partial charge is 0.309 e. The van der Waals surface area contributed by atoms with Gasteiger partial charge in [-0.25, -0.2) is 0 Å². The van der Waals surface area contributed by atoms with Crippen molar-refractivity contribution in [3.8, 4) is 0 Å². The van der Waals surface area contributed by atoms with Crippen molar-refractivity contribution in [3.63, 3.8) is 0 Å². The van der Waals surface area contributed by atoms with Crippen molar-refractivity contribution in [2.24, 2.45) is 0 Å². The molecule has 1 N–H and O–H groups in total. The fourth-order valence-corrected chi connectivity index (χ4v) is 0.359. The Labute approximate surface area is 32.4 Å². The first-order valence-corrected chi connectivity index (χ1v) is 2.07. The Morgan fingerprint density at radius 2 is 1.40 bits per heavy atom. The van der Waals surface area contributed by atoms with Crippen molar-refractivity contribution in [1.29, 1.82) is 0 Å². The summed E-state index contributed by atoms with van der Waals surface area (Å²) in [6.07, 6.45) is 0. The van der Waals surface area contributed by atoms with Crippen molar-refractivity contribution < 1.29 is 0 Å². The zero-order valence-corrected chi connectivity index (χ0v) is 3.65.